The number of nitrogens with zero attached hydrogens (tertiary/aromatic N) is 2. The lowest BCUT2D eigenvalue weighted by Gasteiger charge is -1.96. The Morgan fingerprint density at radius 2 is 1.94 bits per heavy atom. The Bertz CT molecular complexity index is 469. The van der Waals surface area contributed by atoms with E-state index in [1.54, 1.807) is 0 Å². The Hall–Kier alpha value is -2.04. The van der Waals surface area contributed by atoms with E-state index >= 15 is 0 Å². The Morgan fingerprint density at radius 1 is 1.35 bits per heavy atom. The third kappa shape index (κ3) is 3.21. The number of imidazole rings is 1. The molecular weight excluding hydrogens is 220 g/mol. The summed E-state index contributed by atoms with van der Waals surface area (Å²) in [6.45, 7) is 6.42. The van der Waals surface area contributed by atoms with E-state index in [0.717, 1.165) is 13.1 Å². The molecule has 5 heteroatoms. The van der Waals surface area contributed by atoms with Crippen molar-refractivity contribution < 1.29 is 21.0 Å². The monoisotopic (exact) mass is 236 g/mol. The predicted octanol–water partition coefficient (Wildman–Crippen LogP) is -0.366. The molecule has 0 atom stereocenters. The summed E-state index contributed by atoms with van der Waals surface area (Å²) >= 11 is 0. The molecule has 0 aliphatic heterocycles. The molecule has 0 spiro atoms. The summed E-state index contributed by atoms with van der Waals surface area (Å²) in [7, 11) is 0. The highest BCUT2D eigenvalue weighted by Gasteiger charge is 2.11. The quantitative estimate of drug-likeness (QED) is 0.668. The van der Waals surface area contributed by atoms with Crippen LogP contribution in [0, 0.1) is 0 Å². The van der Waals surface area contributed by atoms with Gasteiger partial charge < -0.3 is 15.0 Å². The number of hydrogen-bond donors (Lipinski definition) is 0. The van der Waals surface area contributed by atoms with Crippen LogP contribution in [0.25, 0.3) is 11.0 Å². The van der Waals surface area contributed by atoms with Gasteiger partial charge in [0.2, 0.25) is 6.33 Å². The molecule has 0 aliphatic rings. The van der Waals surface area contributed by atoms with Crippen molar-refractivity contribution in [3.8, 4) is 0 Å². The van der Waals surface area contributed by atoms with Crippen molar-refractivity contribution in [2.24, 2.45) is 0 Å². The molecule has 0 amide bonds. The van der Waals surface area contributed by atoms with E-state index in [1.165, 1.54) is 11.0 Å². The van der Waals surface area contributed by atoms with Crippen LogP contribution in [0.1, 0.15) is 15.3 Å². The summed E-state index contributed by atoms with van der Waals surface area (Å²) in [5.74, 6) is 0. The normalized spacial score (nSPS) is 9.76. The lowest BCUT2D eigenvalue weighted by molar-refractivity contribution is -0.668. The Morgan fingerprint density at radius 3 is 2.47 bits per heavy atom. The minimum Gasteiger partial charge on any atom is -0.652 e. The zero-order valence-electron chi connectivity index (χ0n) is 10.9. The van der Waals surface area contributed by atoms with E-state index in [-0.39, 0.29) is 1.43 Å². The fraction of sp³-hybridized carbons (Fsp3) is 0.333. The van der Waals surface area contributed by atoms with Crippen LogP contribution < -0.4 is 14.8 Å². The van der Waals surface area contributed by atoms with Gasteiger partial charge in [-0.05, 0) is 32.1 Å². The molecule has 0 bridgehead atoms. The molecule has 0 unspecified atom stereocenters. The van der Waals surface area contributed by atoms with Crippen molar-refractivity contribution in [1.82, 2.24) is 4.57 Å². The summed E-state index contributed by atoms with van der Waals surface area (Å²) in [4.78, 5) is 8.33. The lowest BCUT2D eigenvalue weighted by Crippen LogP contribution is -2.37. The fourth-order valence-corrected chi connectivity index (χ4v) is 1.75. The molecular formula is C12H16N2O3. The first-order valence-corrected chi connectivity index (χ1v) is 5.45. The minimum absolute atomic E-state index is 0. The molecule has 0 fully saturated rings. The van der Waals surface area contributed by atoms with Crippen LogP contribution in [-0.4, -0.2) is 10.7 Å². The van der Waals surface area contributed by atoms with Crippen LogP contribution in [0.2, 0.25) is 0 Å². The van der Waals surface area contributed by atoms with Crippen LogP contribution in [-0.2, 0) is 13.1 Å². The zero-order chi connectivity index (χ0) is 12.8. The highest BCUT2D eigenvalue weighted by atomic mass is 16.6. The largest absolute Gasteiger partial charge is 1.00 e. The van der Waals surface area contributed by atoms with Crippen LogP contribution in [0.5, 0.6) is 0 Å². The first-order valence-electron chi connectivity index (χ1n) is 5.45. The molecule has 1 aromatic heterocycles. The van der Waals surface area contributed by atoms with Crippen LogP contribution >= 0.6 is 0 Å². The van der Waals surface area contributed by atoms with Gasteiger partial charge in [0, 0.05) is 0 Å². The molecule has 17 heavy (non-hydrogen) atoms. The molecule has 1 aromatic carbocycles. The van der Waals surface area contributed by atoms with Crippen molar-refractivity contribution >= 4 is 17.2 Å². The van der Waals surface area contributed by atoms with Crippen LogP contribution in [0.15, 0.2) is 30.6 Å². The maximum absolute atomic E-state index is 8.33. The molecule has 92 valence electrons. The average molecular weight is 236 g/mol. The van der Waals surface area contributed by atoms with Gasteiger partial charge in [-0.25, -0.2) is 9.13 Å². The average Bonchev–Trinajstić information content (AvgIpc) is 2.66. The van der Waals surface area contributed by atoms with E-state index in [9.17, 15) is 0 Å². The third-order valence-corrected chi connectivity index (χ3v) is 2.46. The Balaban J connectivity index is 0.000000512. The van der Waals surface area contributed by atoms with Crippen molar-refractivity contribution in [3.63, 3.8) is 0 Å². The zero-order valence-corrected chi connectivity index (χ0v) is 9.92. The molecule has 0 saturated carbocycles. The molecule has 0 saturated heterocycles. The number of carbonyl (C=O) groups excluding carboxylic acids is 1. The number of para-hydroxylation sites is 2. The summed E-state index contributed by atoms with van der Waals surface area (Å²) in [6.07, 6.45) is -0.148. The van der Waals surface area contributed by atoms with Crippen LogP contribution in [0.4, 0.5) is 4.79 Å². The van der Waals surface area contributed by atoms with Gasteiger partial charge in [-0.2, -0.15) is 0 Å². The van der Waals surface area contributed by atoms with Gasteiger partial charge in [-0.15, -0.1) is 0 Å². The summed E-state index contributed by atoms with van der Waals surface area (Å²) in [5, 5.41) is 16.7. The van der Waals surface area contributed by atoms with Crippen molar-refractivity contribution in [2.75, 3.05) is 0 Å². The molecule has 0 radical (unpaired) electrons. The van der Waals surface area contributed by atoms with Crippen molar-refractivity contribution in [1.29, 1.82) is 0 Å². The van der Waals surface area contributed by atoms with Gasteiger partial charge in [0.25, 0.3) is 0 Å². The van der Waals surface area contributed by atoms with E-state index in [4.69, 9.17) is 15.0 Å². The van der Waals surface area contributed by atoms with Gasteiger partial charge in [0.05, 0.1) is 13.1 Å². The molecule has 5 nitrogen and oxygen atoms in total. The molecule has 0 N–H and O–H groups in total. The number of aromatic nitrogens is 2. The van der Waals surface area contributed by atoms with E-state index in [0.29, 0.717) is 0 Å². The first kappa shape index (κ1) is 13.0. The number of rotatable bonds is 2. The van der Waals surface area contributed by atoms with Crippen LogP contribution in [0.3, 0.4) is 0 Å². The lowest BCUT2D eigenvalue weighted by atomic mass is 10.3. The number of carboxylic acid groups (broad SMARTS) is 2. The maximum Gasteiger partial charge on any atom is 1.00 e. The Labute approximate surface area is 101 Å². The molecule has 0 aliphatic carbocycles. The molecule has 2 rings (SSSR count). The van der Waals surface area contributed by atoms with Gasteiger partial charge in [-0.1, -0.05) is 12.1 Å². The second-order valence-corrected chi connectivity index (χ2v) is 3.43. The van der Waals surface area contributed by atoms with E-state index < -0.39 is 6.16 Å². The third-order valence-electron chi connectivity index (χ3n) is 2.46. The number of aryl methyl sites for hydroxylation is 2. The summed E-state index contributed by atoms with van der Waals surface area (Å²) in [5.41, 5.74) is 2.65. The fourth-order valence-electron chi connectivity index (χ4n) is 1.75. The highest BCUT2D eigenvalue weighted by Crippen LogP contribution is 2.09. The SMILES string of the molecule is CCn1c[n+](CC)c2ccccc21.O=C([O-])[O-].[H+]. The van der Waals surface area contributed by atoms with Crippen molar-refractivity contribution in [3.05, 3.63) is 30.6 Å². The topological polar surface area (TPSA) is 72.0 Å². The van der Waals surface area contributed by atoms with E-state index in [1.807, 2.05) is 0 Å². The second kappa shape index (κ2) is 5.89. The number of fused-ring (bicyclic) bond motifs is 1. The first-order chi connectivity index (χ1) is 8.10. The number of benzene rings is 1. The smallest absolute Gasteiger partial charge is 0.652 e. The maximum atomic E-state index is 8.33. The van der Waals surface area contributed by atoms with Gasteiger partial charge in [0.15, 0.2) is 11.0 Å². The van der Waals surface area contributed by atoms with Gasteiger partial charge >= 0.3 is 1.43 Å². The summed E-state index contributed by atoms with van der Waals surface area (Å²) in [6, 6.07) is 8.53. The van der Waals surface area contributed by atoms with Gasteiger partial charge in [-0.3, -0.25) is 0 Å². The highest BCUT2D eigenvalue weighted by molar-refractivity contribution is 5.71. The Kier molecular flexibility index (Phi) is 4.51. The molecule has 1 heterocycles. The second-order valence-electron chi connectivity index (χ2n) is 3.43. The summed E-state index contributed by atoms with van der Waals surface area (Å²) < 4.78 is 4.55. The predicted molar refractivity (Wildman–Crippen MR) is 60.0 cm³/mol. The van der Waals surface area contributed by atoms with Gasteiger partial charge in [0.1, 0.15) is 0 Å². The minimum atomic E-state index is -2.33. The van der Waals surface area contributed by atoms with Crippen molar-refractivity contribution in [2.45, 2.75) is 26.9 Å². The molecule has 2 aromatic rings. The number of carbonyl (C=O) groups is 1. The standard InChI is InChI=1S/C11H15N2.CH2O3/c1-3-12-9-13(4-2)11-8-6-5-7-10(11)12;2-1(3)4/h5-9H,3-4H2,1-2H3;(H2,2,3,4)/q+1;/p-1. The number of hydrogen-bond acceptors (Lipinski definition) is 3. The van der Waals surface area contributed by atoms with E-state index in [2.05, 4.69) is 53.6 Å².